The third-order valence-electron chi connectivity index (χ3n) is 4.17. The van der Waals surface area contributed by atoms with E-state index >= 15 is 0 Å². The van der Waals surface area contributed by atoms with Crippen molar-refractivity contribution < 1.29 is 9.59 Å². The van der Waals surface area contributed by atoms with E-state index in [1.165, 1.54) is 11.1 Å². The Morgan fingerprint density at radius 1 is 1.21 bits per heavy atom. The van der Waals surface area contributed by atoms with Crippen LogP contribution in [0, 0.1) is 25.7 Å². The zero-order valence-electron chi connectivity index (χ0n) is 12.0. The minimum absolute atomic E-state index is 0.00106. The quantitative estimate of drug-likeness (QED) is 0.830. The number of carbonyl (C=O) groups is 2. The molecule has 19 heavy (non-hydrogen) atoms. The number of aryl methyl sites for hydroxylation is 1. The fraction of sp³-hybridized carbons (Fsp3) is 0.500. The van der Waals surface area contributed by atoms with Crippen molar-refractivity contribution in [2.45, 2.75) is 40.0 Å². The smallest absolute Gasteiger partial charge is 0.230 e. The molecule has 3 nitrogen and oxygen atoms in total. The second-order valence-corrected chi connectivity index (χ2v) is 5.78. The van der Waals surface area contributed by atoms with Gasteiger partial charge in [0.1, 0.15) is 0 Å². The van der Waals surface area contributed by atoms with E-state index in [0.29, 0.717) is 6.42 Å². The largest absolute Gasteiger partial charge is 0.296 e. The van der Waals surface area contributed by atoms with Crippen LogP contribution in [0.2, 0.25) is 0 Å². The molecule has 1 aromatic rings. The van der Waals surface area contributed by atoms with Gasteiger partial charge in [0.25, 0.3) is 0 Å². The summed E-state index contributed by atoms with van der Waals surface area (Å²) in [4.78, 5) is 23.8. The van der Waals surface area contributed by atoms with Crippen LogP contribution in [0.1, 0.15) is 42.9 Å². The summed E-state index contributed by atoms with van der Waals surface area (Å²) >= 11 is 0. The molecular formula is C16H21NO2. The standard InChI is InChI=1S/C16H21NO2/c1-9(2)15-13(8-14(18)17-16(15)19)12-7-5-6-10(3)11(12)4/h5-7,9,13,15H,8H2,1-4H3,(H,17,18,19). The number of benzene rings is 1. The number of imide groups is 1. The highest BCUT2D eigenvalue weighted by Gasteiger charge is 2.39. The Morgan fingerprint density at radius 3 is 2.53 bits per heavy atom. The SMILES string of the molecule is Cc1cccc(C2CC(=O)NC(=O)C2C(C)C)c1C. The molecular weight excluding hydrogens is 238 g/mol. The summed E-state index contributed by atoms with van der Waals surface area (Å²) in [5, 5.41) is 2.47. The molecule has 1 heterocycles. The molecule has 0 saturated carbocycles. The van der Waals surface area contributed by atoms with E-state index in [1.807, 2.05) is 26.0 Å². The number of carbonyl (C=O) groups excluding carboxylic acids is 2. The van der Waals surface area contributed by atoms with Gasteiger partial charge in [-0.2, -0.15) is 0 Å². The molecule has 2 unspecified atom stereocenters. The fourth-order valence-electron chi connectivity index (χ4n) is 3.03. The highest BCUT2D eigenvalue weighted by atomic mass is 16.2. The van der Waals surface area contributed by atoms with Gasteiger partial charge in [0.2, 0.25) is 11.8 Å². The summed E-state index contributed by atoms with van der Waals surface area (Å²) in [6.07, 6.45) is 0.402. The van der Waals surface area contributed by atoms with Gasteiger partial charge in [-0.25, -0.2) is 0 Å². The van der Waals surface area contributed by atoms with Gasteiger partial charge in [-0.15, -0.1) is 0 Å². The highest BCUT2D eigenvalue weighted by Crippen LogP contribution is 2.37. The predicted molar refractivity (Wildman–Crippen MR) is 74.8 cm³/mol. The van der Waals surface area contributed by atoms with Crippen molar-refractivity contribution in [1.29, 1.82) is 0 Å². The first-order chi connectivity index (χ1) is 8.91. The lowest BCUT2D eigenvalue weighted by molar-refractivity contribution is -0.138. The summed E-state index contributed by atoms with van der Waals surface area (Å²) in [6, 6.07) is 6.12. The van der Waals surface area contributed by atoms with Gasteiger partial charge in [-0.05, 0) is 36.5 Å². The van der Waals surface area contributed by atoms with Crippen LogP contribution in [0.3, 0.4) is 0 Å². The van der Waals surface area contributed by atoms with E-state index in [9.17, 15) is 9.59 Å². The first-order valence-corrected chi connectivity index (χ1v) is 6.81. The molecule has 1 aliphatic rings. The lowest BCUT2D eigenvalue weighted by Gasteiger charge is -2.34. The lowest BCUT2D eigenvalue weighted by atomic mass is 9.73. The average Bonchev–Trinajstić information content (AvgIpc) is 2.31. The summed E-state index contributed by atoms with van der Waals surface area (Å²) in [5.74, 6) is -0.192. The molecule has 1 N–H and O–H groups in total. The Balaban J connectivity index is 2.47. The minimum atomic E-state index is -0.159. The Bertz CT molecular complexity index is 519. The summed E-state index contributed by atoms with van der Waals surface area (Å²) < 4.78 is 0. The zero-order valence-corrected chi connectivity index (χ0v) is 12.0. The third-order valence-corrected chi connectivity index (χ3v) is 4.17. The Kier molecular flexibility index (Phi) is 3.74. The van der Waals surface area contributed by atoms with Crippen molar-refractivity contribution >= 4 is 11.8 Å². The monoisotopic (exact) mass is 259 g/mol. The molecule has 0 radical (unpaired) electrons. The van der Waals surface area contributed by atoms with Crippen LogP contribution in [0.4, 0.5) is 0 Å². The van der Waals surface area contributed by atoms with Gasteiger partial charge in [0.05, 0.1) is 0 Å². The van der Waals surface area contributed by atoms with Crippen molar-refractivity contribution in [2.24, 2.45) is 11.8 Å². The van der Waals surface area contributed by atoms with Crippen LogP contribution in [0.15, 0.2) is 18.2 Å². The molecule has 1 aromatic carbocycles. The van der Waals surface area contributed by atoms with Crippen LogP contribution in [0.25, 0.3) is 0 Å². The summed E-state index contributed by atoms with van der Waals surface area (Å²) in [7, 11) is 0. The Morgan fingerprint density at radius 2 is 1.89 bits per heavy atom. The Hall–Kier alpha value is -1.64. The number of nitrogens with one attached hydrogen (secondary N) is 1. The van der Waals surface area contributed by atoms with Crippen molar-refractivity contribution in [3.8, 4) is 0 Å². The van der Waals surface area contributed by atoms with E-state index in [0.717, 1.165) is 5.56 Å². The maximum atomic E-state index is 12.1. The number of piperidine rings is 1. The number of amides is 2. The minimum Gasteiger partial charge on any atom is -0.296 e. The molecule has 1 fully saturated rings. The van der Waals surface area contributed by atoms with E-state index in [-0.39, 0.29) is 29.6 Å². The van der Waals surface area contributed by atoms with Gasteiger partial charge >= 0.3 is 0 Å². The predicted octanol–water partition coefficient (Wildman–Crippen LogP) is 2.71. The lowest BCUT2D eigenvalue weighted by Crippen LogP contribution is -2.46. The molecule has 2 rings (SSSR count). The maximum Gasteiger partial charge on any atom is 0.230 e. The molecule has 3 heteroatoms. The molecule has 0 bridgehead atoms. The second kappa shape index (κ2) is 5.16. The summed E-state index contributed by atoms with van der Waals surface area (Å²) in [5.41, 5.74) is 3.54. The van der Waals surface area contributed by atoms with E-state index in [1.54, 1.807) is 0 Å². The van der Waals surface area contributed by atoms with Crippen molar-refractivity contribution in [1.82, 2.24) is 5.32 Å². The van der Waals surface area contributed by atoms with Gasteiger partial charge in [-0.1, -0.05) is 32.0 Å². The summed E-state index contributed by atoms with van der Waals surface area (Å²) in [6.45, 7) is 8.21. The number of hydrogen-bond acceptors (Lipinski definition) is 2. The molecule has 2 atom stereocenters. The topological polar surface area (TPSA) is 46.2 Å². The first kappa shape index (κ1) is 13.8. The molecule has 102 valence electrons. The first-order valence-electron chi connectivity index (χ1n) is 6.81. The van der Waals surface area contributed by atoms with Crippen LogP contribution in [0.5, 0.6) is 0 Å². The molecule has 2 amide bonds. The molecule has 0 aromatic heterocycles. The van der Waals surface area contributed by atoms with Crippen LogP contribution >= 0.6 is 0 Å². The van der Waals surface area contributed by atoms with Crippen molar-refractivity contribution in [2.75, 3.05) is 0 Å². The van der Waals surface area contributed by atoms with Crippen LogP contribution in [-0.4, -0.2) is 11.8 Å². The highest BCUT2D eigenvalue weighted by molar-refractivity contribution is 6.00. The van der Waals surface area contributed by atoms with E-state index in [2.05, 4.69) is 25.2 Å². The fourth-order valence-corrected chi connectivity index (χ4v) is 3.03. The zero-order chi connectivity index (χ0) is 14.2. The van der Waals surface area contributed by atoms with Crippen LogP contribution in [-0.2, 0) is 9.59 Å². The van der Waals surface area contributed by atoms with E-state index < -0.39 is 0 Å². The number of rotatable bonds is 2. The molecule has 0 aliphatic carbocycles. The number of hydrogen-bond donors (Lipinski definition) is 1. The molecule has 1 aliphatic heterocycles. The van der Waals surface area contributed by atoms with Crippen LogP contribution < -0.4 is 5.32 Å². The Labute approximate surface area is 114 Å². The molecule has 0 spiro atoms. The van der Waals surface area contributed by atoms with Gasteiger partial charge in [-0.3, -0.25) is 14.9 Å². The van der Waals surface area contributed by atoms with Gasteiger partial charge in [0.15, 0.2) is 0 Å². The maximum absolute atomic E-state index is 12.1. The molecule has 1 saturated heterocycles. The van der Waals surface area contributed by atoms with Crippen molar-refractivity contribution in [3.05, 3.63) is 34.9 Å². The third kappa shape index (κ3) is 2.55. The van der Waals surface area contributed by atoms with Crippen molar-refractivity contribution in [3.63, 3.8) is 0 Å². The van der Waals surface area contributed by atoms with Gasteiger partial charge < -0.3 is 0 Å². The average molecular weight is 259 g/mol. The van der Waals surface area contributed by atoms with Gasteiger partial charge in [0, 0.05) is 18.3 Å². The normalized spacial score (nSPS) is 23.6. The van der Waals surface area contributed by atoms with E-state index in [4.69, 9.17) is 0 Å². The second-order valence-electron chi connectivity index (χ2n) is 5.78.